The van der Waals surface area contributed by atoms with Crippen molar-refractivity contribution in [2.24, 2.45) is 0 Å². The number of benzene rings is 1. The van der Waals surface area contributed by atoms with Gasteiger partial charge < -0.3 is 10.2 Å². The molecule has 0 unspecified atom stereocenters. The number of carbonyl (C=O) groups excluding carboxylic acids is 1. The van der Waals surface area contributed by atoms with Crippen LogP contribution in [0.25, 0.3) is 10.8 Å². The van der Waals surface area contributed by atoms with Gasteiger partial charge in [0.15, 0.2) is 0 Å². The first-order chi connectivity index (χ1) is 11.9. The van der Waals surface area contributed by atoms with Crippen molar-refractivity contribution in [2.45, 2.75) is 44.7 Å². The summed E-state index contributed by atoms with van der Waals surface area (Å²) in [6.45, 7) is 2.42. The predicted octanol–water partition coefficient (Wildman–Crippen LogP) is 1.70. The van der Waals surface area contributed by atoms with Gasteiger partial charge in [0.2, 0.25) is 5.91 Å². The molecule has 1 N–H and O–H groups in total. The summed E-state index contributed by atoms with van der Waals surface area (Å²) < 4.78 is 1.27. The maximum Gasteiger partial charge on any atom is 0.275 e. The molecular formula is C19H26N4O2. The minimum atomic E-state index is -0.223. The zero-order valence-electron chi connectivity index (χ0n) is 15.2. The molecule has 0 spiro atoms. The second kappa shape index (κ2) is 6.96. The van der Waals surface area contributed by atoms with Crippen LogP contribution >= 0.6 is 0 Å². The van der Waals surface area contributed by atoms with Crippen molar-refractivity contribution in [3.8, 4) is 0 Å². The molecule has 0 bridgehead atoms. The Morgan fingerprint density at radius 2 is 1.88 bits per heavy atom. The molecule has 0 atom stereocenters. The van der Waals surface area contributed by atoms with Crippen LogP contribution in [0.15, 0.2) is 29.1 Å². The van der Waals surface area contributed by atoms with E-state index in [-0.39, 0.29) is 23.6 Å². The van der Waals surface area contributed by atoms with Gasteiger partial charge in [-0.15, -0.1) is 0 Å². The fraction of sp³-hybridized carbons (Fsp3) is 0.526. The molecule has 1 aliphatic carbocycles. The van der Waals surface area contributed by atoms with Crippen molar-refractivity contribution >= 4 is 16.7 Å². The zero-order chi connectivity index (χ0) is 18.0. The summed E-state index contributed by atoms with van der Waals surface area (Å²) in [5, 5.41) is 8.75. The number of nitrogens with zero attached hydrogens (tertiary/aromatic N) is 3. The number of aryl methyl sites for hydroxylation is 1. The van der Waals surface area contributed by atoms with Gasteiger partial charge in [-0.3, -0.25) is 9.59 Å². The molecule has 1 saturated carbocycles. The molecule has 3 rings (SSSR count). The Morgan fingerprint density at radius 3 is 2.52 bits per heavy atom. The first kappa shape index (κ1) is 17.6. The summed E-state index contributed by atoms with van der Waals surface area (Å²) in [5.41, 5.74) is 0.566. The topological polar surface area (TPSA) is 67.2 Å². The number of likely N-dealkylation sites (N-methyl/N-ethyl adjacent to an activating group) is 1. The van der Waals surface area contributed by atoms with Crippen LogP contribution in [-0.2, 0) is 11.3 Å². The van der Waals surface area contributed by atoms with E-state index >= 15 is 0 Å². The Kier molecular flexibility index (Phi) is 4.90. The highest BCUT2D eigenvalue weighted by Crippen LogP contribution is 2.33. The molecule has 6 heteroatoms. The minimum Gasteiger partial charge on any atom is -0.353 e. The highest BCUT2D eigenvalue weighted by atomic mass is 16.2. The number of carbonyl (C=O) groups is 1. The number of aromatic nitrogens is 2. The molecular weight excluding hydrogens is 316 g/mol. The smallest absolute Gasteiger partial charge is 0.275 e. The molecule has 134 valence electrons. The number of amides is 1. The molecule has 1 aromatic carbocycles. The van der Waals surface area contributed by atoms with Crippen LogP contribution in [0.1, 0.15) is 31.4 Å². The lowest BCUT2D eigenvalue weighted by Crippen LogP contribution is -2.51. The monoisotopic (exact) mass is 342 g/mol. The minimum absolute atomic E-state index is 0.0351. The summed E-state index contributed by atoms with van der Waals surface area (Å²) in [4.78, 5) is 27.2. The van der Waals surface area contributed by atoms with Crippen molar-refractivity contribution in [3.05, 3.63) is 40.3 Å². The number of nitrogens with one attached hydrogen (secondary N) is 1. The molecule has 1 heterocycles. The molecule has 1 fully saturated rings. The highest BCUT2D eigenvalue weighted by Gasteiger charge is 2.36. The van der Waals surface area contributed by atoms with Gasteiger partial charge in [0.1, 0.15) is 6.54 Å². The van der Waals surface area contributed by atoms with Gasteiger partial charge >= 0.3 is 0 Å². The fourth-order valence-corrected chi connectivity index (χ4v) is 3.78. The van der Waals surface area contributed by atoms with Gasteiger partial charge in [0.25, 0.3) is 5.56 Å². The lowest BCUT2D eigenvalue weighted by molar-refractivity contribution is -0.122. The fourth-order valence-electron chi connectivity index (χ4n) is 3.78. The van der Waals surface area contributed by atoms with E-state index in [2.05, 4.69) is 29.4 Å². The molecule has 25 heavy (non-hydrogen) atoms. The Balaban J connectivity index is 1.74. The van der Waals surface area contributed by atoms with E-state index in [4.69, 9.17) is 0 Å². The molecule has 6 nitrogen and oxygen atoms in total. The van der Waals surface area contributed by atoms with Crippen LogP contribution in [0.2, 0.25) is 0 Å². The quantitative estimate of drug-likeness (QED) is 0.898. The Hall–Kier alpha value is -2.21. The van der Waals surface area contributed by atoms with Gasteiger partial charge in [-0.2, -0.15) is 5.10 Å². The molecule has 1 amide bonds. The van der Waals surface area contributed by atoms with Crippen LogP contribution in [0, 0.1) is 6.92 Å². The van der Waals surface area contributed by atoms with E-state index in [1.807, 2.05) is 25.1 Å². The molecule has 1 aliphatic rings. The van der Waals surface area contributed by atoms with Crippen LogP contribution < -0.4 is 10.9 Å². The van der Waals surface area contributed by atoms with Crippen molar-refractivity contribution in [2.75, 3.05) is 20.6 Å². The second-order valence-electron chi connectivity index (χ2n) is 7.20. The number of hydrogen-bond acceptors (Lipinski definition) is 4. The van der Waals surface area contributed by atoms with Gasteiger partial charge in [0, 0.05) is 17.5 Å². The normalized spacial score (nSPS) is 16.5. The lowest BCUT2D eigenvalue weighted by Gasteiger charge is -2.36. The van der Waals surface area contributed by atoms with E-state index < -0.39 is 0 Å². The van der Waals surface area contributed by atoms with Gasteiger partial charge in [0.05, 0.1) is 11.1 Å². The average molecular weight is 342 g/mol. The SMILES string of the molecule is Cc1nn(CC(=O)NCC2(N(C)C)CCCC2)c(=O)c2ccccc12. The van der Waals surface area contributed by atoms with Crippen molar-refractivity contribution in [3.63, 3.8) is 0 Å². The summed E-state index contributed by atoms with van der Waals surface area (Å²) in [6.07, 6.45) is 4.57. The molecule has 0 aliphatic heterocycles. The second-order valence-corrected chi connectivity index (χ2v) is 7.20. The summed E-state index contributed by atoms with van der Waals surface area (Å²) in [5.74, 6) is -0.169. The summed E-state index contributed by atoms with van der Waals surface area (Å²) in [7, 11) is 4.13. The first-order valence-corrected chi connectivity index (χ1v) is 8.83. The molecule has 1 aromatic heterocycles. The molecule has 2 aromatic rings. The number of hydrogen-bond donors (Lipinski definition) is 1. The zero-order valence-corrected chi connectivity index (χ0v) is 15.2. The van der Waals surface area contributed by atoms with E-state index in [1.165, 1.54) is 17.5 Å². The summed E-state index contributed by atoms with van der Waals surface area (Å²) in [6, 6.07) is 7.37. The standard InChI is InChI=1S/C19H26N4O2/c1-14-15-8-4-5-9-16(15)18(25)23(21-14)12-17(24)20-13-19(22(2)3)10-6-7-11-19/h4-5,8-9H,6-7,10-13H2,1-3H3,(H,20,24). The maximum atomic E-state index is 12.6. The maximum absolute atomic E-state index is 12.6. The van der Waals surface area contributed by atoms with Crippen LogP contribution in [-0.4, -0.2) is 46.8 Å². The van der Waals surface area contributed by atoms with E-state index in [0.29, 0.717) is 11.9 Å². The Bertz CT molecular complexity index is 835. The van der Waals surface area contributed by atoms with Crippen molar-refractivity contribution in [1.82, 2.24) is 20.0 Å². The number of rotatable bonds is 5. The van der Waals surface area contributed by atoms with Crippen molar-refractivity contribution in [1.29, 1.82) is 0 Å². The van der Waals surface area contributed by atoms with Gasteiger partial charge in [-0.25, -0.2) is 4.68 Å². The molecule has 0 radical (unpaired) electrons. The predicted molar refractivity (Wildman–Crippen MR) is 98.6 cm³/mol. The van der Waals surface area contributed by atoms with Crippen LogP contribution in [0.5, 0.6) is 0 Å². The number of fused-ring (bicyclic) bond motifs is 1. The Labute approximate surface area is 147 Å². The average Bonchev–Trinajstić information content (AvgIpc) is 3.08. The molecule has 0 saturated heterocycles. The van der Waals surface area contributed by atoms with E-state index in [9.17, 15) is 9.59 Å². The van der Waals surface area contributed by atoms with Gasteiger partial charge in [-0.05, 0) is 39.9 Å². The first-order valence-electron chi connectivity index (χ1n) is 8.83. The van der Waals surface area contributed by atoms with Crippen LogP contribution in [0.4, 0.5) is 0 Å². The third-order valence-corrected chi connectivity index (χ3v) is 5.44. The van der Waals surface area contributed by atoms with Crippen molar-refractivity contribution < 1.29 is 4.79 Å². The third-order valence-electron chi connectivity index (χ3n) is 5.44. The van der Waals surface area contributed by atoms with Crippen LogP contribution in [0.3, 0.4) is 0 Å². The van der Waals surface area contributed by atoms with E-state index in [0.717, 1.165) is 23.9 Å². The largest absolute Gasteiger partial charge is 0.353 e. The van der Waals surface area contributed by atoms with E-state index in [1.54, 1.807) is 6.07 Å². The summed E-state index contributed by atoms with van der Waals surface area (Å²) >= 11 is 0. The highest BCUT2D eigenvalue weighted by molar-refractivity contribution is 5.83. The Morgan fingerprint density at radius 1 is 1.24 bits per heavy atom. The van der Waals surface area contributed by atoms with Gasteiger partial charge in [-0.1, -0.05) is 31.0 Å². The lowest BCUT2D eigenvalue weighted by atomic mass is 9.96. The third kappa shape index (κ3) is 3.44.